The van der Waals surface area contributed by atoms with Gasteiger partial charge >= 0.3 is 0 Å². The lowest BCUT2D eigenvalue weighted by Gasteiger charge is -2.24. The number of methoxy groups -OCH3 is 2. The topological polar surface area (TPSA) is 105 Å². The summed E-state index contributed by atoms with van der Waals surface area (Å²) in [7, 11) is -0.898. The number of nitrogens with one attached hydrogen (secondary N) is 1. The van der Waals surface area contributed by atoms with Gasteiger partial charge in [-0.25, -0.2) is 8.42 Å². The van der Waals surface area contributed by atoms with E-state index in [9.17, 15) is 18.0 Å². The van der Waals surface area contributed by atoms with E-state index in [1.165, 1.54) is 20.3 Å². The lowest BCUT2D eigenvalue weighted by molar-refractivity contribution is -0.128. The van der Waals surface area contributed by atoms with Gasteiger partial charge in [-0.15, -0.1) is 0 Å². The summed E-state index contributed by atoms with van der Waals surface area (Å²) in [5.74, 6) is 0.391. The van der Waals surface area contributed by atoms with Crippen molar-refractivity contribution in [2.75, 3.05) is 37.9 Å². The molecule has 2 aromatic rings. The van der Waals surface area contributed by atoms with E-state index in [1.54, 1.807) is 17.0 Å². The SMILES string of the molecule is COc1ccc(OC)c(N(CC(=O)NCc2ccccc2CN2CCCC2=O)S(C)(=O)=O)c1. The zero-order chi connectivity index (χ0) is 24.0. The fourth-order valence-corrected chi connectivity index (χ4v) is 4.57. The molecule has 2 aromatic carbocycles. The third-order valence-corrected chi connectivity index (χ3v) is 6.60. The molecule has 3 rings (SSSR count). The number of sulfonamides is 1. The minimum absolute atomic E-state index is 0.130. The van der Waals surface area contributed by atoms with E-state index in [0.29, 0.717) is 24.5 Å². The van der Waals surface area contributed by atoms with Crippen molar-refractivity contribution in [3.63, 3.8) is 0 Å². The molecule has 9 nitrogen and oxygen atoms in total. The number of hydrogen-bond donors (Lipinski definition) is 1. The summed E-state index contributed by atoms with van der Waals surface area (Å²) >= 11 is 0. The van der Waals surface area contributed by atoms with Gasteiger partial charge in [-0.2, -0.15) is 0 Å². The molecule has 0 aliphatic carbocycles. The summed E-state index contributed by atoms with van der Waals surface area (Å²) in [5.41, 5.74) is 2.03. The Labute approximate surface area is 194 Å². The second kappa shape index (κ2) is 10.6. The van der Waals surface area contributed by atoms with Crippen LogP contribution in [0.15, 0.2) is 42.5 Å². The fourth-order valence-electron chi connectivity index (χ4n) is 3.71. The summed E-state index contributed by atoms with van der Waals surface area (Å²) in [6.45, 7) is 1.01. The first kappa shape index (κ1) is 24.4. The van der Waals surface area contributed by atoms with Crippen LogP contribution in [0.2, 0.25) is 0 Å². The Morgan fingerprint density at radius 2 is 1.85 bits per heavy atom. The van der Waals surface area contributed by atoms with E-state index in [4.69, 9.17) is 9.47 Å². The molecule has 178 valence electrons. The molecule has 0 spiro atoms. The van der Waals surface area contributed by atoms with Crippen LogP contribution in [-0.2, 0) is 32.7 Å². The predicted octanol–water partition coefficient (Wildman–Crippen LogP) is 1.91. The van der Waals surface area contributed by atoms with Gasteiger partial charge in [0.05, 0.1) is 26.2 Å². The summed E-state index contributed by atoms with van der Waals surface area (Å²) in [4.78, 5) is 26.5. The first-order valence-electron chi connectivity index (χ1n) is 10.5. The minimum Gasteiger partial charge on any atom is -0.497 e. The van der Waals surface area contributed by atoms with E-state index < -0.39 is 22.5 Å². The van der Waals surface area contributed by atoms with E-state index in [2.05, 4.69) is 5.32 Å². The highest BCUT2D eigenvalue weighted by molar-refractivity contribution is 7.92. The van der Waals surface area contributed by atoms with Crippen LogP contribution in [0.4, 0.5) is 5.69 Å². The molecule has 1 saturated heterocycles. The van der Waals surface area contributed by atoms with Crippen LogP contribution in [0.3, 0.4) is 0 Å². The van der Waals surface area contributed by atoms with Gasteiger partial charge in [0.2, 0.25) is 21.8 Å². The third-order valence-electron chi connectivity index (χ3n) is 5.47. The molecule has 0 radical (unpaired) electrons. The van der Waals surface area contributed by atoms with Crippen molar-refractivity contribution in [1.82, 2.24) is 10.2 Å². The number of ether oxygens (including phenoxy) is 2. The summed E-state index contributed by atoms with van der Waals surface area (Å²) in [6.07, 6.45) is 2.45. The number of benzene rings is 2. The first-order valence-corrected chi connectivity index (χ1v) is 12.4. The largest absolute Gasteiger partial charge is 0.497 e. The van der Waals surface area contributed by atoms with Crippen LogP contribution < -0.4 is 19.1 Å². The van der Waals surface area contributed by atoms with Gasteiger partial charge in [0.15, 0.2) is 0 Å². The second-order valence-corrected chi connectivity index (χ2v) is 9.68. The Morgan fingerprint density at radius 3 is 2.45 bits per heavy atom. The van der Waals surface area contributed by atoms with Crippen molar-refractivity contribution in [2.24, 2.45) is 0 Å². The van der Waals surface area contributed by atoms with Gasteiger partial charge < -0.3 is 19.7 Å². The maximum atomic E-state index is 12.8. The van der Waals surface area contributed by atoms with Crippen molar-refractivity contribution in [1.29, 1.82) is 0 Å². The number of likely N-dealkylation sites (tertiary alicyclic amines) is 1. The highest BCUT2D eigenvalue weighted by Gasteiger charge is 2.25. The lowest BCUT2D eigenvalue weighted by Crippen LogP contribution is -2.40. The zero-order valence-corrected chi connectivity index (χ0v) is 19.9. The highest BCUT2D eigenvalue weighted by atomic mass is 32.2. The zero-order valence-electron chi connectivity index (χ0n) is 19.0. The average Bonchev–Trinajstić information content (AvgIpc) is 3.20. The monoisotopic (exact) mass is 475 g/mol. The summed E-state index contributed by atoms with van der Waals surface area (Å²) < 4.78 is 36.5. The van der Waals surface area contributed by atoms with Gasteiger partial charge in [0, 0.05) is 32.1 Å². The van der Waals surface area contributed by atoms with Gasteiger partial charge in [-0.05, 0) is 29.7 Å². The molecule has 10 heteroatoms. The Kier molecular flexibility index (Phi) is 7.80. The molecule has 1 N–H and O–H groups in total. The highest BCUT2D eigenvalue weighted by Crippen LogP contribution is 2.33. The molecule has 0 aromatic heterocycles. The number of carbonyl (C=O) groups excluding carboxylic acids is 2. The average molecular weight is 476 g/mol. The Bertz CT molecular complexity index is 1120. The summed E-state index contributed by atoms with van der Waals surface area (Å²) in [6, 6.07) is 12.3. The predicted molar refractivity (Wildman–Crippen MR) is 125 cm³/mol. The number of carbonyl (C=O) groups is 2. The standard InChI is InChI=1S/C23H29N3O6S/c1-31-19-10-11-21(32-2)20(13-19)26(33(3,29)30)16-22(27)24-14-17-7-4-5-8-18(17)15-25-12-6-9-23(25)28/h4-5,7-8,10-11,13H,6,9,12,14-16H2,1-3H3,(H,24,27). The van der Waals surface area contributed by atoms with Crippen LogP contribution in [0, 0.1) is 0 Å². The number of rotatable bonds is 10. The molecule has 0 saturated carbocycles. The van der Waals surface area contributed by atoms with Crippen molar-refractivity contribution in [3.05, 3.63) is 53.6 Å². The number of nitrogens with zero attached hydrogens (tertiary/aromatic N) is 2. The van der Waals surface area contributed by atoms with E-state index >= 15 is 0 Å². The fraction of sp³-hybridized carbons (Fsp3) is 0.391. The van der Waals surface area contributed by atoms with E-state index in [1.807, 2.05) is 24.3 Å². The lowest BCUT2D eigenvalue weighted by atomic mass is 10.1. The van der Waals surface area contributed by atoms with Crippen LogP contribution in [-0.4, -0.2) is 58.7 Å². The van der Waals surface area contributed by atoms with Crippen molar-refractivity contribution < 1.29 is 27.5 Å². The van der Waals surface area contributed by atoms with Crippen LogP contribution in [0.1, 0.15) is 24.0 Å². The molecule has 1 aliphatic rings. The second-order valence-electron chi connectivity index (χ2n) is 7.77. The van der Waals surface area contributed by atoms with Crippen molar-refractivity contribution >= 4 is 27.5 Å². The molecular formula is C23H29N3O6S. The van der Waals surface area contributed by atoms with Crippen LogP contribution >= 0.6 is 0 Å². The van der Waals surface area contributed by atoms with E-state index in [-0.39, 0.29) is 18.1 Å². The van der Waals surface area contributed by atoms with Crippen LogP contribution in [0.5, 0.6) is 11.5 Å². The molecule has 1 heterocycles. The number of hydrogen-bond acceptors (Lipinski definition) is 6. The normalized spacial score (nSPS) is 13.7. The van der Waals surface area contributed by atoms with Gasteiger partial charge in [0.25, 0.3) is 0 Å². The Morgan fingerprint density at radius 1 is 1.12 bits per heavy atom. The Balaban J connectivity index is 1.74. The molecule has 0 bridgehead atoms. The van der Waals surface area contributed by atoms with E-state index in [0.717, 1.165) is 34.7 Å². The smallest absolute Gasteiger partial charge is 0.241 e. The van der Waals surface area contributed by atoms with Crippen molar-refractivity contribution in [2.45, 2.75) is 25.9 Å². The van der Waals surface area contributed by atoms with Gasteiger partial charge in [0.1, 0.15) is 18.0 Å². The maximum absolute atomic E-state index is 12.8. The third kappa shape index (κ3) is 6.16. The van der Waals surface area contributed by atoms with Crippen LogP contribution in [0.25, 0.3) is 0 Å². The Hall–Kier alpha value is -3.27. The quantitative estimate of drug-likeness (QED) is 0.563. The molecule has 2 amide bonds. The molecule has 0 atom stereocenters. The van der Waals surface area contributed by atoms with Gasteiger partial charge in [-0.3, -0.25) is 13.9 Å². The first-order chi connectivity index (χ1) is 15.7. The molecule has 1 fully saturated rings. The van der Waals surface area contributed by atoms with Crippen molar-refractivity contribution in [3.8, 4) is 11.5 Å². The maximum Gasteiger partial charge on any atom is 0.241 e. The number of amides is 2. The number of anilines is 1. The molecule has 33 heavy (non-hydrogen) atoms. The summed E-state index contributed by atoms with van der Waals surface area (Å²) in [5, 5.41) is 2.79. The van der Waals surface area contributed by atoms with Gasteiger partial charge in [-0.1, -0.05) is 24.3 Å². The molecular weight excluding hydrogens is 446 g/mol. The minimum atomic E-state index is -3.79. The molecule has 1 aliphatic heterocycles. The molecule has 0 unspecified atom stereocenters.